The molecule has 2 nitrogen and oxygen atoms in total. The fourth-order valence-electron chi connectivity index (χ4n) is 1.52. The molecule has 0 aliphatic carbocycles. The topological polar surface area (TPSA) is 29.5 Å². The van der Waals surface area contributed by atoms with Crippen LogP contribution in [0.5, 0.6) is 5.75 Å². The Balaban J connectivity index is 2.40. The van der Waals surface area contributed by atoms with E-state index in [1.165, 1.54) is 12.1 Å². The van der Waals surface area contributed by atoms with Crippen molar-refractivity contribution in [2.75, 3.05) is 6.61 Å². The molecule has 0 saturated carbocycles. The smallest absolute Gasteiger partial charge is 0.126 e. The Hall–Kier alpha value is -1.09. The van der Waals surface area contributed by atoms with E-state index in [9.17, 15) is 9.50 Å². The van der Waals surface area contributed by atoms with Gasteiger partial charge in [-0.25, -0.2) is 4.39 Å². The van der Waals surface area contributed by atoms with Crippen molar-refractivity contribution < 1.29 is 14.2 Å². The monoisotopic (exact) mass is 226 g/mol. The lowest BCUT2D eigenvalue weighted by molar-refractivity contribution is 0.0709. The maximum absolute atomic E-state index is 12.8. The summed E-state index contributed by atoms with van der Waals surface area (Å²) < 4.78 is 18.1. The molecule has 1 unspecified atom stereocenters. The zero-order chi connectivity index (χ0) is 12.2. The molecule has 1 N–H and O–H groups in total. The van der Waals surface area contributed by atoms with Crippen molar-refractivity contribution in [1.82, 2.24) is 0 Å². The van der Waals surface area contributed by atoms with E-state index in [0.29, 0.717) is 12.2 Å². The third kappa shape index (κ3) is 5.12. The van der Waals surface area contributed by atoms with Crippen LogP contribution in [0.2, 0.25) is 0 Å². The Morgan fingerprint density at radius 3 is 2.62 bits per heavy atom. The molecule has 0 amide bonds. The van der Waals surface area contributed by atoms with Crippen LogP contribution < -0.4 is 4.74 Å². The van der Waals surface area contributed by atoms with Crippen LogP contribution in [0, 0.1) is 11.2 Å². The predicted octanol–water partition coefficient (Wildman–Crippen LogP) is 3.00. The Bertz CT molecular complexity index is 331. The molecule has 0 saturated heterocycles. The van der Waals surface area contributed by atoms with Gasteiger partial charge in [-0.3, -0.25) is 0 Å². The molecule has 1 rings (SSSR count). The molecule has 0 aliphatic heterocycles. The molecule has 90 valence electrons. The first-order valence-corrected chi connectivity index (χ1v) is 5.43. The number of ether oxygens (including phenoxy) is 1. The zero-order valence-corrected chi connectivity index (χ0v) is 10.0. The summed E-state index contributed by atoms with van der Waals surface area (Å²) in [6, 6.07) is 5.93. The van der Waals surface area contributed by atoms with Gasteiger partial charge in [0.15, 0.2) is 0 Å². The van der Waals surface area contributed by atoms with Gasteiger partial charge in [0.2, 0.25) is 0 Å². The minimum atomic E-state index is -0.525. The van der Waals surface area contributed by atoms with E-state index in [2.05, 4.69) is 20.8 Å². The molecule has 0 aliphatic rings. The molecule has 0 heterocycles. The van der Waals surface area contributed by atoms with E-state index in [1.807, 2.05) is 0 Å². The van der Waals surface area contributed by atoms with Crippen LogP contribution in [0.1, 0.15) is 27.2 Å². The summed E-state index contributed by atoms with van der Waals surface area (Å²) in [4.78, 5) is 0. The van der Waals surface area contributed by atoms with Crippen LogP contribution in [0.25, 0.3) is 0 Å². The molecule has 1 atom stereocenters. The van der Waals surface area contributed by atoms with Crippen molar-refractivity contribution in [3.63, 3.8) is 0 Å². The molecule has 1 aromatic rings. The van der Waals surface area contributed by atoms with E-state index in [4.69, 9.17) is 4.74 Å². The van der Waals surface area contributed by atoms with Gasteiger partial charge in [-0.2, -0.15) is 0 Å². The summed E-state index contributed by atoms with van der Waals surface area (Å²) in [5, 5.41) is 9.70. The minimum Gasteiger partial charge on any atom is -0.491 e. The second-order valence-electron chi connectivity index (χ2n) is 5.19. The van der Waals surface area contributed by atoms with Crippen molar-refractivity contribution in [2.24, 2.45) is 5.41 Å². The number of hydrogen-bond donors (Lipinski definition) is 1. The average Bonchev–Trinajstić information content (AvgIpc) is 2.12. The summed E-state index contributed by atoms with van der Waals surface area (Å²) in [5.74, 6) is 0.121. The van der Waals surface area contributed by atoms with Crippen molar-refractivity contribution >= 4 is 0 Å². The van der Waals surface area contributed by atoms with Crippen LogP contribution in [0.15, 0.2) is 24.3 Å². The first kappa shape index (κ1) is 13.0. The number of benzene rings is 1. The molecule has 0 bridgehead atoms. The van der Waals surface area contributed by atoms with E-state index in [1.54, 1.807) is 12.1 Å². The highest BCUT2D eigenvalue weighted by Gasteiger charge is 2.17. The average molecular weight is 226 g/mol. The number of hydrogen-bond acceptors (Lipinski definition) is 2. The highest BCUT2D eigenvalue weighted by Crippen LogP contribution is 2.21. The molecule has 3 heteroatoms. The van der Waals surface area contributed by atoms with E-state index < -0.39 is 6.10 Å². The van der Waals surface area contributed by atoms with Crippen LogP contribution in [-0.4, -0.2) is 17.8 Å². The highest BCUT2D eigenvalue weighted by molar-refractivity contribution is 5.22. The Morgan fingerprint density at radius 1 is 1.38 bits per heavy atom. The van der Waals surface area contributed by atoms with Crippen molar-refractivity contribution in [3.8, 4) is 5.75 Å². The Kier molecular flexibility index (Phi) is 4.30. The summed E-state index contributed by atoms with van der Waals surface area (Å²) in [5.41, 5.74) is 0.0602. The minimum absolute atomic E-state index is 0.0602. The standard InChI is InChI=1S/C13H19FO2/c1-13(2,3)8-11(15)9-16-12-6-4-5-10(14)7-12/h4-7,11,15H,8-9H2,1-3H3. The SMILES string of the molecule is CC(C)(C)CC(O)COc1cccc(F)c1. The van der Waals surface area contributed by atoms with Gasteiger partial charge in [-0.1, -0.05) is 26.8 Å². The molecule has 0 aromatic heterocycles. The maximum atomic E-state index is 12.8. The molecule has 0 spiro atoms. The first-order chi connectivity index (χ1) is 7.37. The number of aliphatic hydroxyl groups excluding tert-OH is 1. The van der Waals surface area contributed by atoms with E-state index >= 15 is 0 Å². The van der Waals surface area contributed by atoms with Crippen LogP contribution in [0.3, 0.4) is 0 Å². The van der Waals surface area contributed by atoms with Gasteiger partial charge >= 0.3 is 0 Å². The number of rotatable bonds is 4. The second kappa shape index (κ2) is 5.30. The van der Waals surface area contributed by atoms with Gasteiger partial charge in [0.05, 0.1) is 6.10 Å². The van der Waals surface area contributed by atoms with Gasteiger partial charge in [-0.05, 0) is 24.0 Å². The molecule has 0 fully saturated rings. The first-order valence-electron chi connectivity index (χ1n) is 5.43. The van der Waals surface area contributed by atoms with Crippen molar-refractivity contribution in [3.05, 3.63) is 30.1 Å². The zero-order valence-electron chi connectivity index (χ0n) is 10.0. The lowest BCUT2D eigenvalue weighted by Crippen LogP contribution is -2.23. The fourth-order valence-corrected chi connectivity index (χ4v) is 1.52. The van der Waals surface area contributed by atoms with Crippen molar-refractivity contribution in [2.45, 2.75) is 33.3 Å². The van der Waals surface area contributed by atoms with E-state index in [0.717, 1.165) is 0 Å². The quantitative estimate of drug-likeness (QED) is 0.855. The number of aliphatic hydroxyl groups is 1. The van der Waals surface area contributed by atoms with Crippen molar-refractivity contribution in [1.29, 1.82) is 0 Å². The summed E-state index contributed by atoms with van der Waals surface area (Å²) in [6.45, 7) is 6.36. The lowest BCUT2D eigenvalue weighted by Gasteiger charge is -2.22. The van der Waals surface area contributed by atoms with E-state index in [-0.39, 0.29) is 17.8 Å². The second-order valence-corrected chi connectivity index (χ2v) is 5.19. The molecule has 0 radical (unpaired) electrons. The summed E-state index contributed by atoms with van der Waals surface area (Å²) in [7, 11) is 0. The van der Waals surface area contributed by atoms with Gasteiger partial charge in [0, 0.05) is 6.07 Å². The lowest BCUT2D eigenvalue weighted by atomic mass is 9.89. The highest BCUT2D eigenvalue weighted by atomic mass is 19.1. The number of halogens is 1. The largest absolute Gasteiger partial charge is 0.491 e. The summed E-state index contributed by atoms with van der Waals surface area (Å²) >= 11 is 0. The molecule has 16 heavy (non-hydrogen) atoms. The van der Waals surface area contributed by atoms with Crippen LogP contribution in [-0.2, 0) is 0 Å². The Morgan fingerprint density at radius 2 is 2.06 bits per heavy atom. The third-order valence-electron chi connectivity index (χ3n) is 2.09. The fraction of sp³-hybridized carbons (Fsp3) is 0.538. The van der Waals surface area contributed by atoms with Gasteiger partial charge < -0.3 is 9.84 Å². The Labute approximate surface area is 96.1 Å². The van der Waals surface area contributed by atoms with Gasteiger partial charge in [0.1, 0.15) is 18.2 Å². The molecular weight excluding hydrogens is 207 g/mol. The maximum Gasteiger partial charge on any atom is 0.126 e. The van der Waals surface area contributed by atoms with Gasteiger partial charge in [-0.15, -0.1) is 0 Å². The normalized spacial score (nSPS) is 13.6. The summed E-state index contributed by atoms with van der Waals surface area (Å²) in [6.07, 6.45) is 0.130. The van der Waals surface area contributed by atoms with Crippen LogP contribution >= 0.6 is 0 Å². The van der Waals surface area contributed by atoms with Crippen LogP contribution in [0.4, 0.5) is 4.39 Å². The predicted molar refractivity (Wildman–Crippen MR) is 62.0 cm³/mol. The molecular formula is C13H19FO2. The molecule has 1 aromatic carbocycles. The van der Waals surface area contributed by atoms with Gasteiger partial charge in [0.25, 0.3) is 0 Å². The third-order valence-corrected chi connectivity index (χ3v) is 2.09.